The Hall–Kier alpha value is -2.62. The summed E-state index contributed by atoms with van der Waals surface area (Å²) in [5.41, 5.74) is 2.46. The molecule has 0 radical (unpaired) electrons. The van der Waals surface area contributed by atoms with E-state index in [1.54, 1.807) is 18.0 Å². The second-order valence-corrected chi connectivity index (χ2v) is 5.46. The molecule has 0 fully saturated rings. The number of hydrogen-bond acceptors (Lipinski definition) is 1. The predicted molar refractivity (Wildman–Crippen MR) is 85.1 cm³/mol. The molecule has 3 nitrogen and oxygen atoms in total. The molecule has 112 valence electrons. The van der Waals surface area contributed by atoms with Crippen molar-refractivity contribution < 1.29 is 9.18 Å². The van der Waals surface area contributed by atoms with Crippen molar-refractivity contribution in [1.82, 2.24) is 9.47 Å². The predicted octanol–water partition coefficient (Wildman–Crippen LogP) is 3.59. The number of benzene rings is 2. The number of nitrogens with zero attached hydrogens (tertiary/aromatic N) is 2. The highest BCUT2D eigenvalue weighted by Crippen LogP contribution is 2.21. The molecule has 1 amide bonds. The lowest BCUT2D eigenvalue weighted by Crippen LogP contribution is -2.26. The second kappa shape index (κ2) is 5.64. The van der Waals surface area contributed by atoms with Crippen molar-refractivity contribution in [1.29, 1.82) is 0 Å². The Balaban J connectivity index is 1.89. The highest BCUT2D eigenvalue weighted by atomic mass is 19.1. The van der Waals surface area contributed by atoms with Gasteiger partial charge in [0.15, 0.2) is 0 Å². The molecule has 1 heterocycles. The minimum absolute atomic E-state index is 0.0685. The van der Waals surface area contributed by atoms with Crippen LogP contribution < -0.4 is 0 Å². The lowest BCUT2D eigenvalue weighted by atomic mass is 10.1. The molecule has 4 heteroatoms. The Kier molecular flexibility index (Phi) is 3.67. The maximum atomic E-state index is 13.2. The highest BCUT2D eigenvalue weighted by Gasteiger charge is 2.16. The van der Waals surface area contributed by atoms with Gasteiger partial charge in [0.05, 0.1) is 0 Å². The van der Waals surface area contributed by atoms with Crippen LogP contribution in [0.15, 0.2) is 54.7 Å². The van der Waals surface area contributed by atoms with Crippen LogP contribution in [0.25, 0.3) is 10.9 Å². The van der Waals surface area contributed by atoms with Gasteiger partial charge in [-0.25, -0.2) is 4.39 Å². The van der Waals surface area contributed by atoms with Gasteiger partial charge in [0.25, 0.3) is 5.91 Å². The van der Waals surface area contributed by atoms with Crippen molar-refractivity contribution in [3.63, 3.8) is 0 Å². The van der Waals surface area contributed by atoms with E-state index in [1.165, 1.54) is 12.1 Å². The van der Waals surface area contributed by atoms with Crippen LogP contribution in [-0.2, 0) is 13.6 Å². The first-order valence-corrected chi connectivity index (χ1v) is 7.10. The van der Waals surface area contributed by atoms with Gasteiger partial charge in [0, 0.05) is 43.3 Å². The van der Waals surface area contributed by atoms with E-state index in [9.17, 15) is 9.18 Å². The minimum Gasteiger partial charge on any atom is -0.351 e. The summed E-state index contributed by atoms with van der Waals surface area (Å²) >= 11 is 0. The fourth-order valence-electron chi connectivity index (χ4n) is 2.68. The zero-order valence-electron chi connectivity index (χ0n) is 12.6. The van der Waals surface area contributed by atoms with E-state index < -0.39 is 0 Å². The van der Waals surface area contributed by atoms with Gasteiger partial charge < -0.3 is 9.47 Å². The second-order valence-electron chi connectivity index (χ2n) is 5.46. The molecule has 1 aromatic heterocycles. The van der Waals surface area contributed by atoms with E-state index in [4.69, 9.17) is 0 Å². The number of aryl methyl sites for hydroxylation is 1. The van der Waals surface area contributed by atoms with Gasteiger partial charge in [-0.05, 0) is 35.9 Å². The largest absolute Gasteiger partial charge is 0.351 e. The molecule has 0 N–H and O–H groups in total. The fraction of sp³-hybridized carbons (Fsp3) is 0.167. The standard InChI is InChI=1S/C18H17FN2O/c1-20-10-9-15-16(7-4-8-17(15)20)18(22)21(2)12-13-5-3-6-14(19)11-13/h3-11H,12H2,1-2H3. The number of carbonyl (C=O) groups excluding carboxylic acids is 1. The van der Waals surface area contributed by atoms with Gasteiger partial charge in [-0.2, -0.15) is 0 Å². The van der Waals surface area contributed by atoms with Crippen molar-refractivity contribution in [3.8, 4) is 0 Å². The molecular formula is C18H17FN2O. The number of halogens is 1. The molecule has 3 aromatic rings. The quantitative estimate of drug-likeness (QED) is 0.725. The maximum absolute atomic E-state index is 13.2. The number of fused-ring (bicyclic) bond motifs is 1. The summed E-state index contributed by atoms with van der Waals surface area (Å²) < 4.78 is 15.2. The molecule has 0 spiro atoms. The molecule has 0 unspecified atom stereocenters. The first-order chi connectivity index (χ1) is 10.6. The molecule has 22 heavy (non-hydrogen) atoms. The monoisotopic (exact) mass is 296 g/mol. The molecule has 0 saturated carbocycles. The van der Waals surface area contributed by atoms with Gasteiger partial charge in [-0.1, -0.05) is 18.2 Å². The van der Waals surface area contributed by atoms with Crippen LogP contribution in [0.4, 0.5) is 4.39 Å². The van der Waals surface area contributed by atoms with E-state index in [0.717, 1.165) is 16.5 Å². The van der Waals surface area contributed by atoms with Crippen LogP contribution >= 0.6 is 0 Å². The highest BCUT2D eigenvalue weighted by molar-refractivity contribution is 6.06. The Morgan fingerprint density at radius 2 is 1.95 bits per heavy atom. The zero-order chi connectivity index (χ0) is 15.7. The average Bonchev–Trinajstić information content (AvgIpc) is 2.88. The van der Waals surface area contributed by atoms with Crippen LogP contribution in [0.5, 0.6) is 0 Å². The molecule has 3 rings (SSSR count). The summed E-state index contributed by atoms with van der Waals surface area (Å²) in [7, 11) is 3.68. The molecule has 0 aliphatic rings. The number of rotatable bonds is 3. The average molecular weight is 296 g/mol. The van der Waals surface area contributed by atoms with Crippen molar-refractivity contribution in [2.45, 2.75) is 6.54 Å². The van der Waals surface area contributed by atoms with E-state index in [0.29, 0.717) is 12.1 Å². The zero-order valence-corrected chi connectivity index (χ0v) is 12.6. The molecule has 0 aliphatic carbocycles. The molecule has 2 aromatic carbocycles. The SMILES string of the molecule is CN(Cc1cccc(F)c1)C(=O)c1cccc2c1ccn2C. The number of amides is 1. The van der Waals surface area contributed by atoms with E-state index >= 15 is 0 Å². The first kappa shape index (κ1) is 14.3. The molecule has 0 saturated heterocycles. The normalized spacial score (nSPS) is 10.9. The summed E-state index contributed by atoms with van der Waals surface area (Å²) in [5.74, 6) is -0.357. The first-order valence-electron chi connectivity index (χ1n) is 7.10. The Morgan fingerprint density at radius 1 is 1.18 bits per heavy atom. The maximum Gasteiger partial charge on any atom is 0.254 e. The minimum atomic E-state index is -0.288. The topological polar surface area (TPSA) is 25.2 Å². The van der Waals surface area contributed by atoms with Gasteiger partial charge in [0.2, 0.25) is 0 Å². The van der Waals surface area contributed by atoms with Crippen molar-refractivity contribution in [2.24, 2.45) is 7.05 Å². The lowest BCUT2D eigenvalue weighted by molar-refractivity contribution is 0.0787. The summed E-state index contributed by atoms with van der Waals surface area (Å²) in [6.45, 7) is 0.375. The number of aromatic nitrogens is 1. The number of carbonyl (C=O) groups is 1. The Morgan fingerprint density at radius 3 is 2.73 bits per heavy atom. The van der Waals surface area contributed by atoms with Crippen LogP contribution in [-0.4, -0.2) is 22.4 Å². The smallest absolute Gasteiger partial charge is 0.254 e. The van der Waals surface area contributed by atoms with Crippen LogP contribution in [0.3, 0.4) is 0 Å². The van der Waals surface area contributed by atoms with Crippen molar-refractivity contribution in [2.75, 3.05) is 7.05 Å². The van der Waals surface area contributed by atoms with Gasteiger partial charge in [-0.3, -0.25) is 4.79 Å². The summed E-state index contributed by atoms with van der Waals surface area (Å²) in [6.07, 6.45) is 1.94. The fourth-order valence-corrected chi connectivity index (χ4v) is 2.68. The van der Waals surface area contributed by atoms with Crippen LogP contribution in [0.1, 0.15) is 15.9 Å². The summed E-state index contributed by atoms with van der Waals surface area (Å²) in [4.78, 5) is 14.3. The summed E-state index contributed by atoms with van der Waals surface area (Å²) in [6, 6.07) is 14.0. The molecule has 0 aliphatic heterocycles. The molecule has 0 bridgehead atoms. The lowest BCUT2D eigenvalue weighted by Gasteiger charge is -2.18. The van der Waals surface area contributed by atoms with E-state index in [1.807, 2.05) is 48.1 Å². The van der Waals surface area contributed by atoms with Gasteiger partial charge in [-0.15, -0.1) is 0 Å². The Bertz CT molecular complexity index is 838. The van der Waals surface area contributed by atoms with Crippen molar-refractivity contribution in [3.05, 3.63) is 71.7 Å². The van der Waals surface area contributed by atoms with Gasteiger partial charge in [0.1, 0.15) is 5.82 Å². The third kappa shape index (κ3) is 2.60. The van der Waals surface area contributed by atoms with E-state index in [-0.39, 0.29) is 11.7 Å². The third-order valence-corrected chi connectivity index (χ3v) is 3.81. The van der Waals surface area contributed by atoms with E-state index in [2.05, 4.69) is 0 Å². The van der Waals surface area contributed by atoms with Gasteiger partial charge >= 0.3 is 0 Å². The molecule has 0 atom stereocenters. The summed E-state index contributed by atoms with van der Waals surface area (Å²) in [5, 5.41) is 0.932. The Labute approximate surface area is 128 Å². The molecular weight excluding hydrogens is 279 g/mol. The van der Waals surface area contributed by atoms with Crippen LogP contribution in [0.2, 0.25) is 0 Å². The third-order valence-electron chi connectivity index (χ3n) is 3.81. The number of hydrogen-bond donors (Lipinski definition) is 0. The van der Waals surface area contributed by atoms with Crippen LogP contribution in [0, 0.1) is 5.82 Å². The van der Waals surface area contributed by atoms with Crippen molar-refractivity contribution >= 4 is 16.8 Å².